The van der Waals surface area contributed by atoms with Crippen molar-refractivity contribution in [3.8, 4) is 0 Å². The van der Waals surface area contributed by atoms with Gasteiger partial charge in [-0.15, -0.1) is 0 Å². The molecular formula is C11H20N2O2. The Labute approximate surface area is 91.1 Å². The zero-order valence-electron chi connectivity index (χ0n) is 9.51. The molecule has 0 aliphatic rings. The Morgan fingerprint density at radius 1 is 1.33 bits per heavy atom. The summed E-state index contributed by atoms with van der Waals surface area (Å²) in [6.45, 7) is 8.19. The van der Waals surface area contributed by atoms with Crippen LogP contribution < -0.4 is 10.6 Å². The van der Waals surface area contributed by atoms with Gasteiger partial charge in [-0.3, -0.25) is 9.59 Å². The van der Waals surface area contributed by atoms with E-state index in [0.29, 0.717) is 13.1 Å². The molecule has 0 radical (unpaired) electrons. The molecule has 0 rings (SSSR count). The summed E-state index contributed by atoms with van der Waals surface area (Å²) in [6.07, 6.45) is 3.11. The molecule has 0 saturated carbocycles. The fraction of sp³-hybridized carbons (Fsp3) is 0.636. The van der Waals surface area contributed by atoms with Crippen LogP contribution in [0.25, 0.3) is 0 Å². The first-order valence-electron chi connectivity index (χ1n) is 5.29. The Morgan fingerprint density at radius 2 is 1.93 bits per heavy atom. The van der Waals surface area contributed by atoms with Gasteiger partial charge in [0.1, 0.15) is 0 Å². The summed E-state index contributed by atoms with van der Waals surface area (Å²) in [4.78, 5) is 22.2. The fourth-order valence-electron chi connectivity index (χ4n) is 1.18. The summed E-state index contributed by atoms with van der Waals surface area (Å²) in [5.74, 6) is -0.124. The minimum Gasteiger partial charge on any atom is -0.354 e. The third kappa shape index (κ3) is 6.71. The summed E-state index contributed by atoms with van der Waals surface area (Å²) in [7, 11) is 0. The van der Waals surface area contributed by atoms with E-state index in [0.717, 1.165) is 12.8 Å². The van der Waals surface area contributed by atoms with Crippen LogP contribution >= 0.6 is 0 Å². The Hall–Kier alpha value is -1.32. The molecule has 0 saturated heterocycles. The standard InChI is InChI=1S/C11H20N2O2/c1-4-6-9(3)11(15)13-8-7-12-10(14)5-2/h5,9H,2,4,6-8H2,1,3H3,(H,12,14)(H,13,15). The summed E-state index contributed by atoms with van der Waals surface area (Å²) >= 11 is 0. The van der Waals surface area contributed by atoms with Gasteiger partial charge in [0.05, 0.1) is 0 Å². The smallest absolute Gasteiger partial charge is 0.243 e. The molecule has 0 heterocycles. The Kier molecular flexibility index (Phi) is 7.32. The molecule has 2 N–H and O–H groups in total. The van der Waals surface area contributed by atoms with Gasteiger partial charge < -0.3 is 10.6 Å². The molecule has 0 aromatic heterocycles. The molecule has 4 nitrogen and oxygen atoms in total. The van der Waals surface area contributed by atoms with Crippen LogP contribution in [0.15, 0.2) is 12.7 Å². The van der Waals surface area contributed by atoms with Crippen LogP contribution in [0.5, 0.6) is 0 Å². The van der Waals surface area contributed by atoms with Gasteiger partial charge in [0, 0.05) is 19.0 Å². The van der Waals surface area contributed by atoms with Crippen LogP contribution in [-0.2, 0) is 9.59 Å². The third-order valence-corrected chi connectivity index (χ3v) is 2.08. The van der Waals surface area contributed by atoms with E-state index >= 15 is 0 Å². The maximum atomic E-state index is 11.4. The van der Waals surface area contributed by atoms with Gasteiger partial charge in [-0.05, 0) is 12.5 Å². The molecule has 0 aliphatic carbocycles. The Balaban J connectivity index is 3.54. The van der Waals surface area contributed by atoms with Crippen molar-refractivity contribution in [2.75, 3.05) is 13.1 Å². The van der Waals surface area contributed by atoms with Gasteiger partial charge in [0.15, 0.2) is 0 Å². The van der Waals surface area contributed by atoms with Crippen molar-refractivity contribution in [1.29, 1.82) is 0 Å². The topological polar surface area (TPSA) is 58.2 Å². The molecule has 0 spiro atoms. The van der Waals surface area contributed by atoms with E-state index in [9.17, 15) is 9.59 Å². The van der Waals surface area contributed by atoms with Gasteiger partial charge in [0.25, 0.3) is 0 Å². The lowest BCUT2D eigenvalue weighted by molar-refractivity contribution is -0.125. The average molecular weight is 212 g/mol. The van der Waals surface area contributed by atoms with E-state index in [2.05, 4.69) is 17.2 Å². The molecule has 4 heteroatoms. The molecule has 2 amide bonds. The number of hydrogen-bond donors (Lipinski definition) is 2. The second-order valence-electron chi connectivity index (χ2n) is 3.48. The van der Waals surface area contributed by atoms with Crippen LogP contribution in [0.2, 0.25) is 0 Å². The second kappa shape index (κ2) is 8.03. The maximum Gasteiger partial charge on any atom is 0.243 e. The van der Waals surface area contributed by atoms with E-state index in [-0.39, 0.29) is 17.7 Å². The molecule has 0 fully saturated rings. The highest BCUT2D eigenvalue weighted by molar-refractivity contribution is 5.86. The largest absolute Gasteiger partial charge is 0.354 e. The average Bonchev–Trinajstić information content (AvgIpc) is 2.23. The zero-order valence-corrected chi connectivity index (χ0v) is 9.51. The van der Waals surface area contributed by atoms with Crippen LogP contribution in [0.4, 0.5) is 0 Å². The maximum absolute atomic E-state index is 11.4. The van der Waals surface area contributed by atoms with Crippen LogP contribution in [0, 0.1) is 5.92 Å². The number of hydrogen-bond acceptors (Lipinski definition) is 2. The van der Waals surface area contributed by atoms with Gasteiger partial charge in [0.2, 0.25) is 11.8 Å². The van der Waals surface area contributed by atoms with Crippen molar-refractivity contribution in [1.82, 2.24) is 10.6 Å². The van der Waals surface area contributed by atoms with Crippen molar-refractivity contribution >= 4 is 11.8 Å². The van der Waals surface area contributed by atoms with Crippen LogP contribution in [-0.4, -0.2) is 24.9 Å². The molecule has 15 heavy (non-hydrogen) atoms. The van der Waals surface area contributed by atoms with Crippen molar-refractivity contribution in [3.05, 3.63) is 12.7 Å². The first-order chi connectivity index (χ1) is 7.11. The summed E-state index contributed by atoms with van der Waals surface area (Å²) in [5, 5.41) is 5.35. The number of nitrogens with one attached hydrogen (secondary N) is 2. The van der Waals surface area contributed by atoms with E-state index in [4.69, 9.17) is 0 Å². The second-order valence-corrected chi connectivity index (χ2v) is 3.48. The van der Waals surface area contributed by atoms with Crippen molar-refractivity contribution in [3.63, 3.8) is 0 Å². The lowest BCUT2D eigenvalue weighted by atomic mass is 10.1. The molecule has 1 atom stereocenters. The zero-order chi connectivity index (χ0) is 11.7. The van der Waals surface area contributed by atoms with Crippen LogP contribution in [0.3, 0.4) is 0 Å². The van der Waals surface area contributed by atoms with Gasteiger partial charge >= 0.3 is 0 Å². The predicted octanol–water partition coefficient (Wildman–Crippen LogP) is 0.841. The SMILES string of the molecule is C=CC(=O)NCCNC(=O)C(C)CCC. The number of carbonyl (C=O) groups excluding carboxylic acids is 2. The number of amides is 2. The first-order valence-corrected chi connectivity index (χ1v) is 5.29. The molecule has 86 valence electrons. The summed E-state index contributed by atoms with van der Waals surface area (Å²) < 4.78 is 0. The molecule has 0 aromatic rings. The van der Waals surface area contributed by atoms with E-state index in [1.807, 2.05) is 13.8 Å². The van der Waals surface area contributed by atoms with Gasteiger partial charge in [-0.1, -0.05) is 26.8 Å². The van der Waals surface area contributed by atoms with E-state index < -0.39 is 0 Å². The number of carbonyl (C=O) groups is 2. The predicted molar refractivity (Wildman–Crippen MR) is 60.3 cm³/mol. The molecular weight excluding hydrogens is 192 g/mol. The molecule has 1 unspecified atom stereocenters. The molecule has 0 aliphatic heterocycles. The summed E-state index contributed by atoms with van der Waals surface area (Å²) in [6, 6.07) is 0. The minimum absolute atomic E-state index is 0.0460. The Morgan fingerprint density at radius 3 is 2.47 bits per heavy atom. The molecule has 0 bridgehead atoms. The minimum atomic E-state index is -0.217. The highest BCUT2D eigenvalue weighted by atomic mass is 16.2. The van der Waals surface area contributed by atoms with Crippen molar-refractivity contribution in [2.45, 2.75) is 26.7 Å². The van der Waals surface area contributed by atoms with Gasteiger partial charge in [-0.2, -0.15) is 0 Å². The fourth-order valence-corrected chi connectivity index (χ4v) is 1.18. The first kappa shape index (κ1) is 13.7. The number of rotatable bonds is 7. The summed E-state index contributed by atoms with van der Waals surface area (Å²) in [5.41, 5.74) is 0. The van der Waals surface area contributed by atoms with Crippen LogP contribution in [0.1, 0.15) is 26.7 Å². The lowest BCUT2D eigenvalue weighted by Crippen LogP contribution is -2.36. The highest BCUT2D eigenvalue weighted by Gasteiger charge is 2.10. The normalized spacial score (nSPS) is 11.6. The highest BCUT2D eigenvalue weighted by Crippen LogP contribution is 2.03. The Bertz CT molecular complexity index is 227. The van der Waals surface area contributed by atoms with E-state index in [1.54, 1.807) is 0 Å². The quantitative estimate of drug-likeness (QED) is 0.485. The van der Waals surface area contributed by atoms with Gasteiger partial charge in [-0.25, -0.2) is 0 Å². The van der Waals surface area contributed by atoms with E-state index in [1.165, 1.54) is 6.08 Å². The monoisotopic (exact) mass is 212 g/mol. The lowest BCUT2D eigenvalue weighted by Gasteiger charge is -2.10. The third-order valence-electron chi connectivity index (χ3n) is 2.08. The van der Waals surface area contributed by atoms with Crippen molar-refractivity contribution in [2.24, 2.45) is 5.92 Å². The molecule has 0 aromatic carbocycles. The van der Waals surface area contributed by atoms with Crippen molar-refractivity contribution < 1.29 is 9.59 Å².